The van der Waals surface area contributed by atoms with Crippen molar-refractivity contribution in [1.82, 2.24) is 4.72 Å². The Morgan fingerprint density at radius 2 is 1.94 bits per heavy atom. The highest BCUT2D eigenvalue weighted by molar-refractivity contribution is 7.90. The molecule has 1 atom stereocenters. The van der Waals surface area contributed by atoms with E-state index in [0.29, 0.717) is 5.69 Å². The highest BCUT2D eigenvalue weighted by Gasteiger charge is 2.20. The Bertz CT molecular complexity index is 510. The normalized spacial score (nSPS) is 13.0. The molecule has 0 aliphatic carbocycles. The Labute approximate surface area is 106 Å². The van der Waals surface area contributed by atoms with E-state index in [0.717, 1.165) is 12.7 Å². The zero-order chi connectivity index (χ0) is 13.8. The Balaban J connectivity index is 2.72. The van der Waals surface area contributed by atoms with Crippen molar-refractivity contribution in [3.05, 3.63) is 29.8 Å². The first-order valence-corrected chi connectivity index (χ1v) is 6.91. The second-order valence-electron chi connectivity index (χ2n) is 3.84. The predicted octanol–water partition coefficient (Wildman–Crippen LogP) is 0.422. The van der Waals surface area contributed by atoms with Crippen molar-refractivity contribution in [3.63, 3.8) is 0 Å². The van der Waals surface area contributed by atoms with Crippen LogP contribution < -0.4 is 10.5 Å². The van der Waals surface area contributed by atoms with Gasteiger partial charge in [0.15, 0.2) is 5.75 Å². The van der Waals surface area contributed by atoms with Crippen molar-refractivity contribution in [2.45, 2.75) is 13.0 Å². The summed E-state index contributed by atoms with van der Waals surface area (Å²) >= 11 is 0. The second-order valence-corrected chi connectivity index (χ2v) is 5.60. The summed E-state index contributed by atoms with van der Waals surface area (Å²) in [6.45, 7) is 1.68. The van der Waals surface area contributed by atoms with Gasteiger partial charge in [-0.15, -0.1) is 0 Å². The molecule has 0 aliphatic rings. The summed E-state index contributed by atoms with van der Waals surface area (Å²) < 4.78 is 29.9. The molecule has 0 aliphatic heterocycles. The predicted molar refractivity (Wildman–Crippen MR) is 68.2 cm³/mol. The van der Waals surface area contributed by atoms with Crippen LogP contribution in [0, 0.1) is 0 Å². The molecule has 18 heavy (non-hydrogen) atoms. The number of carbonyl (C=O) groups excluding carboxylic acids is 1. The summed E-state index contributed by atoms with van der Waals surface area (Å²) in [6, 6.07) is 6.36. The van der Waals surface area contributed by atoms with Gasteiger partial charge in [-0.05, 0) is 24.6 Å². The number of hydrogen-bond donors (Lipinski definition) is 2. The Kier molecular flexibility index (Phi) is 4.69. The van der Waals surface area contributed by atoms with Crippen LogP contribution in [0.1, 0.15) is 18.5 Å². The lowest BCUT2D eigenvalue weighted by Crippen LogP contribution is -2.32. The fourth-order valence-electron chi connectivity index (χ4n) is 1.38. The maximum atomic E-state index is 11.6. The fraction of sp³-hybridized carbons (Fsp3) is 0.364. The summed E-state index contributed by atoms with van der Waals surface area (Å²) in [6.07, 6.45) is 0. The summed E-state index contributed by atoms with van der Waals surface area (Å²) in [5.41, 5.74) is 6.90. The Morgan fingerprint density at radius 1 is 1.39 bits per heavy atom. The molecule has 7 heteroatoms. The molecule has 0 spiro atoms. The zero-order valence-electron chi connectivity index (χ0n) is 10.2. The van der Waals surface area contributed by atoms with E-state index in [1.54, 1.807) is 31.2 Å². The third-order valence-electron chi connectivity index (χ3n) is 2.33. The van der Waals surface area contributed by atoms with E-state index in [1.165, 1.54) is 0 Å². The SMILES string of the molecule is COC(=O)CS(=O)(=O)NC(C)c1ccc(N)cc1. The van der Waals surface area contributed by atoms with Crippen LogP contribution in [0.25, 0.3) is 0 Å². The van der Waals surface area contributed by atoms with Crippen LogP contribution in [0.3, 0.4) is 0 Å². The van der Waals surface area contributed by atoms with Gasteiger partial charge in [0.2, 0.25) is 10.0 Å². The first-order chi connectivity index (χ1) is 8.34. The molecular formula is C11H16N2O4S. The molecule has 0 heterocycles. The maximum absolute atomic E-state index is 11.6. The van der Waals surface area contributed by atoms with Crippen molar-refractivity contribution in [2.24, 2.45) is 0 Å². The van der Waals surface area contributed by atoms with Gasteiger partial charge in [0, 0.05) is 11.7 Å². The lowest BCUT2D eigenvalue weighted by atomic mass is 10.1. The van der Waals surface area contributed by atoms with Crippen LogP contribution in [-0.4, -0.2) is 27.2 Å². The van der Waals surface area contributed by atoms with Gasteiger partial charge in [0.1, 0.15) is 0 Å². The van der Waals surface area contributed by atoms with Crippen molar-refractivity contribution in [2.75, 3.05) is 18.6 Å². The number of nitrogens with one attached hydrogen (secondary N) is 1. The van der Waals surface area contributed by atoms with Crippen molar-refractivity contribution in [1.29, 1.82) is 0 Å². The van der Waals surface area contributed by atoms with E-state index < -0.39 is 27.8 Å². The third-order valence-corrected chi connectivity index (χ3v) is 3.66. The van der Waals surface area contributed by atoms with Gasteiger partial charge in [-0.1, -0.05) is 12.1 Å². The minimum Gasteiger partial charge on any atom is -0.468 e. The largest absolute Gasteiger partial charge is 0.468 e. The summed E-state index contributed by atoms with van der Waals surface area (Å²) in [7, 11) is -2.57. The molecule has 1 aromatic carbocycles. The van der Waals surface area contributed by atoms with Crippen LogP contribution in [0.5, 0.6) is 0 Å². The van der Waals surface area contributed by atoms with Crippen molar-refractivity contribution >= 4 is 21.7 Å². The molecule has 1 aromatic rings. The van der Waals surface area contributed by atoms with E-state index >= 15 is 0 Å². The molecule has 3 N–H and O–H groups in total. The van der Waals surface area contributed by atoms with Gasteiger partial charge in [-0.25, -0.2) is 13.1 Å². The lowest BCUT2D eigenvalue weighted by Gasteiger charge is -2.14. The molecular weight excluding hydrogens is 256 g/mol. The number of rotatable bonds is 5. The Morgan fingerprint density at radius 3 is 2.44 bits per heavy atom. The highest BCUT2D eigenvalue weighted by atomic mass is 32.2. The molecule has 0 fully saturated rings. The van der Waals surface area contributed by atoms with Crippen LogP contribution in [0.15, 0.2) is 24.3 Å². The average molecular weight is 272 g/mol. The number of sulfonamides is 1. The van der Waals surface area contributed by atoms with Gasteiger partial charge in [0.05, 0.1) is 7.11 Å². The number of methoxy groups -OCH3 is 1. The molecule has 0 saturated carbocycles. The van der Waals surface area contributed by atoms with E-state index in [9.17, 15) is 13.2 Å². The number of benzene rings is 1. The molecule has 0 amide bonds. The minimum absolute atomic E-state index is 0.444. The summed E-state index contributed by atoms with van der Waals surface area (Å²) in [5, 5.41) is 0. The molecule has 1 unspecified atom stereocenters. The van der Waals surface area contributed by atoms with Gasteiger partial charge >= 0.3 is 5.97 Å². The monoisotopic (exact) mass is 272 g/mol. The number of nitrogen functional groups attached to an aromatic ring is 1. The van der Waals surface area contributed by atoms with E-state index in [-0.39, 0.29) is 0 Å². The van der Waals surface area contributed by atoms with Crippen LogP contribution in [-0.2, 0) is 19.6 Å². The first-order valence-electron chi connectivity index (χ1n) is 5.26. The molecule has 100 valence electrons. The van der Waals surface area contributed by atoms with Crippen molar-refractivity contribution in [3.8, 4) is 0 Å². The van der Waals surface area contributed by atoms with E-state index in [1.807, 2.05) is 0 Å². The second kappa shape index (κ2) is 5.83. The van der Waals surface area contributed by atoms with Gasteiger partial charge in [-0.3, -0.25) is 4.79 Å². The standard InChI is InChI=1S/C11H16N2O4S/c1-8(9-3-5-10(12)6-4-9)13-18(15,16)7-11(14)17-2/h3-6,8,13H,7,12H2,1-2H3. The van der Waals surface area contributed by atoms with Crippen LogP contribution in [0.4, 0.5) is 5.69 Å². The van der Waals surface area contributed by atoms with Crippen LogP contribution >= 0.6 is 0 Å². The molecule has 0 saturated heterocycles. The van der Waals surface area contributed by atoms with Gasteiger partial charge < -0.3 is 10.5 Å². The topological polar surface area (TPSA) is 98.5 Å². The summed E-state index contributed by atoms with van der Waals surface area (Å²) in [5.74, 6) is -1.49. The third kappa shape index (κ3) is 4.34. The smallest absolute Gasteiger partial charge is 0.322 e. The number of nitrogens with two attached hydrogens (primary N) is 1. The molecule has 0 bridgehead atoms. The zero-order valence-corrected chi connectivity index (χ0v) is 11.0. The quantitative estimate of drug-likeness (QED) is 0.598. The Hall–Kier alpha value is -1.60. The minimum atomic E-state index is -3.71. The number of carbonyl (C=O) groups is 1. The molecule has 1 rings (SSSR count). The number of esters is 1. The van der Waals surface area contributed by atoms with E-state index in [2.05, 4.69) is 9.46 Å². The van der Waals surface area contributed by atoms with Crippen molar-refractivity contribution < 1.29 is 17.9 Å². The van der Waals surface area contributed by atoms with Crippen LogP contribution in [0.2, 0.25) is 0 Å². The van der Waals surface area contributed by atoms with Gasteiger partial charge in [-0.2, -0.15) is 0 Å². The molecule has 0 aromatic heterocycles. The highest BCUT2D eigenvalue weighted by Crippen LogP contribution is 2.15. The number of hydrogen-bond acceptors (Lipinski definition) is 5. The maximum Gasteiger partial charge on any atom is 0.322 e. The molecule has 6 nitrogen and oxygen atoms in total. The fourth-order valence-corrected chi connectivity index (χ4v) is 2.56. The number of anilines is 1. The first kappa shape index (κ1) is 14.5. The molecule has 0 radical (unpaired) electrons. The lowest BCUT2D eigenvalue weighted by molar-refractivity contribution is -0.137. The number of ether oxygens (including phenoxy) is 1. The van der Waals surface area contributed by atoms with E-state index in [4.69, 9.17) is 5.73 Å². The summed E-state index contributed by atoms with van der Waals surface area (Å²) in [4.78, 5) is 10.9. The van der Waals surface area contributed by atoms with Gasteiger partial charge in [0.25, 0.3) is 0 Å². The average Bonchev–Trinajstić information content (AvgIpc) is 2.28.